The lowest BCUT2D eigenvalue weighted by atomic mass is 9.73. The van der Waals surface area contributed by atoms with Crippen LogP contribution in [-0.2, 0) is 0 Å². The Labute approximate surface area is 81.7 Å². The van der Waals surface area contributed by atoms with Gasteiger partial charge < -0.3 is 0 Å². The highest BCUT2D eigenvalue weighted by atomic mass is 14.3. The second-order valence-electron chi connectivity index (χ2n) is 4.83. The van der Waals surface area contributed by atoms with Gasteiger partial charge in [-0.15, -0.1) is 0 Å². The first-order valence-corrected chi connectivity index (χ1v) is 5.63. The SMILES string of the molecule is CC(C)C1CC=C2CCC=CC2C1. The highest BCUT2D eigenvalue weighted by molar-refractivity contribution is 5.21. The Morgan fingerprint density at radius 2 is 2.23 bits per heavy atom. The summed E-state index contributed by atoms with van der Waals surface area (Å²) < 4.78 is 0. The van der Waals surface area contributed by atoms with E-state index in [1.54, 1.807) is 5.57 Å². The van der Waals surface area contributed by atoms with Gasteiger partial charge in [-0.25, -0.2) is 0 Å². The van der Waals surface area contributed by atoms with Crippen molar-refractivity contribution in [3.8, 4) is 0 Å². The third-order valence-electron chi connectivity index (χ3n) is 3.63. The molecule has 2 rings (SSSR count). The minimum absolute atomic E-state index is 0.801. The van der Waals surface area contributed by atoms with E-state index in [0.29, 0.717) is 0 Å². The minimum atomic E-state index is 0.801. The zero-order valence-electron chi connectivity index (χ0n) is 8.79. The second-order valence-corrected chi connectivity index (χ2v) is 4.83. The molecule has 0 aromatic rings. The average molecular weight is 176 g/mol. The fraction of sp³-hybridized carbons (Fsp3) is 0.692. The fourth-order valence-corrected chi connectivity index (χ4v) is 2.57. The van der Waals surface area contributed by atoms with Crippen molar-refractivity contribution in [3.63, 3.8) is 0 Å². The van der Waals surface area contributed by atoms with Gasteiger partial charge in [0, 0.05) is 0 Å². The summed E-state index contributed by atoms with van der Waals surface area (Å²) in [7, 11) is 0. The summed E-state index contributed by atoms with van der Waals surface area (Å²) >= 11 is 0. The molecule has 0 fully saturated rings. The van der Waals surface area contributed by atoms with Crippen LogP contribution >= 0.6 is 0 Å². The molecule has 0 nitrogen and oxygen atoms in total. The van der Waals surface area contributed by atoms with Crippen LogP contribution in [0, 0.1) is 17.8 Å². The van der Waals surface area contributed by atoms with Crippen molar-refractivity contribution < 1.29 is 0 Å². The molecule has 0 heterocycles. The third kappa shape index (κ3) is 1.87. The number of fused-ring (bicyclic) bond motifs is 1. The predicted molar refractivity (Wildman–Crippen MR) is 57.5 cm³/mol. The molecule has 0 aromatic carbocycles. The topological polar surface area (TPSA) is 0 Å². The Morgan fingerprint density at radius 1 is 1.38 bits per heavy atom. The van der Waals surface area contributed by atoms with Crippen LogP contribution in [0.2, 0.25) is 0 Å². The standard InChI is InChI=1S/C13H20/c1-10(2)12-8-7-11-5-3-4-6-13(11)9-12/h4,6-7,10,12-13H,3,5,8-9H2,1-2H3. The lowest BCUT2D eigenvalue weighted by molar-refractivity contribution is 0.317. The Kier molecular flexibility index (Phi) is 2.57. The number of hydrogen-bond acceptors (Lipinski definition) is 0. The monoisotopic (exact) mass is 176 g/mol. The summed E-state index contributed by atoms with van der Waals surface area (Å²) in [4.78, 5) is 0. The first kappa shape index (κ1) is 9.05. The number of hydrogen-bond donors (Lipinski definition) is 0. The van der Waals surface area contributed by atoms with Crippen molar-refractivity contribution in [2.24, 2.45) is 17.8 Å². The van der Waals surface area contributed by atoms with Gasteiger partial charge in [-0.1, -0.05) is 37.6 Å². The van der Waals surface area contributed by atoms with Gasteiger partial charge in [-0.2, -0.15) is 0 Å². The molecule has 0 aromatic heterocycles. The highest BCUT2D eigenvalue weighted by Crippen LogP contribution is 2.38. The van der Waals surface area contributed by atoms with Crippen molar-refractivity contribution in [2.75, 3.05) is 0 Å². The van der Waals surface area contributed by atoms with E-state index in [1.165, 1.54) is 25.7 Å². The maximum atomic E-state index is 2.52. The highest BCUT2D eigenvalue weighted by Gasteiger charge is 2.25. The Bertz CT molecular complexity index is 232. The smallest absolute Gasteiger partial charge is 0.00203 e. The van der Waals surface area contributed by atoms with Crippen LogP contribution < -0.4 is 0 Å². The molecule has 0 bridgehead atoms. The summed E-state index contributed by atoms with van der Waals surface area (Å²) in [6.45, 7) is 4.71. The van der Waals surface area contributed by atoms with Gasteiger partial charge in [0.15, 0.2) is 0 Å². The molecule has 2 atom stereocenters. The van der Waals surface area contributed by atoms with E-state index in [2.05, 4.69) is 32.1 Å². The lowest BCUT2D eigenvalue weighted by Gasteiger charge is -2.32. The van der Waals surface area contributed by atoms with Crippen LogP contribution in [0.15, 0.2) is 23.8 Å². The molecule has 2 aliphatic carbocycles. The van der Waals surface area contributed by atoms with Crippen LogP contribution in [0.25, 0.3) is 0 Å². The molecule has 0 radical (unpaired) electrons. The van der Waals surface area contributed by atoms with Gasteiger partial charge >= 0.3 is 0 Å². The zero-order chi connectivity index (χ0) is 9.26. The van der Waals surface area contributed by atoms with Gasteiger partial charge in [0.1, 0.15) is 0 Å². The zero-order valence-corrected chi connectivity index (χ0v) is 8.79. The third-order valence-corrected chi connectivity index (χ3v) is 3.63. The van der Waals surface area contributed by atoms with Crippen molar-refractivity contribution >= 4 is 0 Å². The maximum absolute atomic E-state index is 2.52. The summed E-state index contributed by atoms with van der Waals surface area (Å²) in [5.74, 6) is 2.58. The molecule has 0 N–H and O–H groups in total. The molecule has 0 saturated carbocycles. The minimum Gasteiger partial charge on any atom is -0.0876 e. The molecule has 2 aliphatic rings. The van der Waals surface area contributed by atoms with Gasteiger partial charge in [0.2, 0.25) is 0 Å². The van der Waals surface area contributed by atoms with Crippen molar-refractivity contribution in [1.29, 1.82) is 0 Å². The first-order chi connectivity index (χ1) is 6.27. The van der Waals surface area contributed by atoms with Crippen molar-refractivity contribution in [2.45, 2.75) is 39.5 Å². The quantitative estimate of drug-likeness (QED) is 0.531. The van der Waals surface area contributed by atoms with E-state index in [4.69, 9.17) is 0 Å². The average Bonchev–Trinajstić information content (AvgIpc) is 2.17. The van der Waals surface area contributed by atoms with E-state index < -0.39 is 0 Å². The molecule has 0 aliphatic heterocycles. The van der Waals surface area contributed by atoms with Crippen LogP contribution in [0.5, 0.6) is 0 Å². The molecule has 0 heteroatoms. The van der Waals surface area contributed by atoms with E-state index in [9.17, 15) is 0 Å². The van der Waals surface area contributed by atoms with Crippen LogP contribution in [0.3, 0.4) is 0 Å². The summed E-state index contributed by atoms with van der Waals surface area (Å²) in [6, 6.07) is 0. The predicted octanol–water partition coefficient (Wildman–Crippen LogP) is 3.95. The molecule has 13 heavy (non-hydrogen) atoms. The molecular formula is C13H20. The van der Waals surface area contributed by atoms with Crippen molar-refractivity contribution in [1.82, 2.24) is 0 Å². The normalized spacial score (nSPS) is 33.0. The molecule has 0 saturated heterocycles. The summed E-state index contributed by atoms with van der Waals surface area (Å²) in [5, 5.41) is 0. The van der Waals surface area contributed by atoms with Crippen molar-refractivity contribution in [3.05, 3.63) is 23.8 Å². The van der Waals surface area contributed by atoms with Gasteiger partial charge in [-0.05, 0) is 43.4 Å². The lowest BCUT2D eigenvalue weighted by Crippen LogP contribution is -2.20. The molecule has 0 spiro atoms. The second kappa shape index (κ2) is 3.69. The molecular weight excluding hydrogens is 156 g/mol. The molecule has 0 amide bonds. The largest absolute Gasteiger partial charge is 0.0876 e. The van der Waals surface area contributed by atoms with Gasteiger partial charge in [-0.3, -0.25) is 0 Å². The van der Waals surface area contributed by atoms with E-state index in [1.807, 2.05) is 0 Å². The van der Waals surface area contributed by atoms with Gasteiger partial charge in [0.25, 0.3) is 0 Å². The fourth-order valence-electron chi connectivity index (χ4n) is 2.57. The Hall–Kier alpha value is -0.520. The van der Waals surface area contributed by atoms with E-state index >= 15 is 0 Å². The molecule has 2 unspecified atom stereocenters. The first-order valence-electron chi connectivity index (χ1n) is 5.63. The van der Waals surface area contributed by atoms with Crippen LogP contribution in [0.4, 0.5) is 0 Å². The van der Waals surface area contributed by atoms with E-state index in [0.717, 1.165) is 17.8 Å². The Morgan fingerprint density at radius 3 is 3.00 bits per heavy atom. The van der Waals surface area contributed by atoms with E-state index in [-0.39, 0.29) is 0 Å². The number of allylic oxidation sites excluding steroid dienone is 4. The number of rotatable bonds is 1. The Balaban J connectivity index is 2.09. The van der Waals surface area contributed by atoms with Crippen LogP contribution in [-0.4, -0.2) is 0 Å². The summed E-state index contributed by atoms with van der Waals surface area (Å²) in [5.41, 5.74) is 1.72. The maximum Gasteiger partial charge on any atom is -0.00203 e. The summed E-state index contributed by atoms with van der Waals surface area (Å²) in [6.07, 6.45) is 12.6. The van der Waals surface area contributed by atoms with Gasteiger partial charge in [0.05, 0.1) is 0 Å². The molecule has 72 valence electrons. The van der Waals surface area contributed by atoms with Crippen LogP contribution in [0.1, 0.15) is 39.5 Å².